The first-order chi connectivity index (χ1) is 18.1. The third-order valence-electron chi connectivity index (χ3n) is 7.02. The van der Waals surface area contributed by atoms with Gasteiger partial charge in [0.25, 0.3) is 5.91 Å². The summed E-state index contributed by atoms with van der Waals surface area (Å²) in [5.41, 5.74) is 0.0922. The topological polar surface area (TPSA) is 112 Å². The van der Waals surface area contributed by atoms with Crippen LogP contribution in [0.15, 0.2) is 24.5 Å². The molecule has 3 aliphatic heterocycles. The van der Waals surface area contributed by atoms with Crippen molar-refractivity contribution in [2.24, 2.45) is 0 Å². The lowest BCUT2D eigenvalue weighted by molar-refractivity contribution is -0.146. The molecule has 2 aromatic heterocycles. The third-order valence-corrected chi connectivity index (χ3v) is 7.02. The van der Waals surface area contributed by atoms with E-state index in [1.165, 1.54) is 11.1 Å². The second-order valence-electron chi connectivity index (χ2n) is 10.9. The molecule has 0 radical (unpaired) electrons. The monoisotopic (exact) mass is 522 g/mol. The minimum absolute atomic E-state index is 0.0370. The maximum Gasteiger partial charge on any atom is 0.410 e. The number of pyridine rings is 2. The predicted molar refractivity (Wildman–Crippen MR) is 135 cm³/mol. The molecule has 0 atom stereocenters. The molecule has 0 spiro atoms. The molecule has 2 aromatic rings. The van der Waals surface area contributed by atoms with Crippen LogP contribution in [0.3, 0.4) is 0 Å². The van der Waals surface area contributed by atoms with E-state index in [0.29, 0.717) is 48.9 Å². The van der Waals surface area contributed by atoms with E-state index in [1.807, 2.05) is 43.9 Å². The Balaban J connectivity index is 1.22. The highest BCUT2D eigenvalue weighted by molar-refractivity contribution is 5.85. The molecule has 5 heterocycles. The molecule has 0 bridgehead atoms. The van der Waals surface area contributed by atoms with Gasteiger partial charge in [0.15, 0.2) is 5.67 Å². The molecule has 0 aliphatic carbocycles. The van der Waals surface area contributed by atoms with E-state index in [2.05, 4.69) is 4.98 Å². The highest BCUT2D eigenvalue weighted by Crippen LogP contribution is 2.34. The first-order valence-electron chi connectivity index (χ1n) is 12.8. The van der Waals surface area contributed by atoms with E-state index in [9.17, 15) is 14.9 Å². The fourth-order valence-corrected chi connectivity index (χ4v) is 5.03. The molecule has 38 heavy (non-hydrogen) atoms. The Hall–Kier alpha value is -3.94. The average Bonchev–Trinajstić information content (AvgIpc) is 3.19. The largest absolute Gasteiger partial charge is 0.490 e. The van der Waals surface area contributed by atoms with E-state index >= 15 is 4.39 Å². The Labute approximate surface area is 221 Å². The number of nitriles is 1. The van der Waals surface area contributed by atoms with Crippen molar-refractivity contribution < 1.29 is 23.5 Å². The van der Waals surface area contributed by atoms with Gasteiger partial charge in [-0.2, -0.15) is 5.26 Å². The molecule has 11 heteroatoms. The number of piperidine rings is 1. The van der Waals surface area contributed by atoms with Gasteiger partial charge in [-0.3, -0.25) is 14.7 Å². The van der Waals surface area contributed by atoms with Crippen LogP contribution in [0.5, 0.6) is 5.75 Å². The zero-order valence-corrected chi connectivity index (χ0v) is 21.9. The molecular formula is C27H31FN6O4. The number of halogens is 1. The molecule has 0 aromatic carbocycles. The van der Waals surface area contributed by atoms with Crippen LogP contribution in [0.1, 0.15) is 56.0 Å². The Bertz CT molecular complexity index is 1300. The Morgan fingerprint density at radius 1 is 1.08 bits per heavy atom. The summed E-state index contributed by atoms with van der Waals surface area (Å²) in [5.74, 6) is 0.552. The number of carbonyl (C=O) groups excluding carboxylic acids is 2. The summed E-state index contributed by atoms with van der Waals surface area (Å²) in [4.78, 5) is 39.6. The second kappa shape index (κ2) is 9.74. The molecule has 2 amide bonds. The lowest BCUT2D eigenvalue weighted by Crippen LogP contribution is -2.52. The summed E-state index contributed by atoms with van der Waals surface area (Å²) in [6.45, 7) is 7.52. The SMILES string of the molecule is CC(C)(C)OC(=O)N1Cc2ccc(N3CCC(F)(C(=O)N4CCOc5c(C#N)cncc5C4)CC3)nc2C1. The number of carbonyl (C=O) groups is 2. The van der Waals surface area contributed by atoms with Gasteiger partial charge in [0, 0.05) is 43.9 Å². The van der Waals surface area contributed by atoms with Crippen molar-refractivity contribution in [3.8, 4) is 11.8 Å². The van der Waals surface area contributed by atoms with Crippen LogP contribution in [0, 0.1) is 11.3 Å². The molecule has 1 saturated heterocycles. The van der Waals surface area contributed by atoms with Gasteiger partial charge in [-0.25, -0.2) is 14.2 Å². The normalized spacial score (nSPS) is 18.6. The standard InChI is InChI=1S/C27H31FN6O4/c1-26(2,3)38-25(36)34-15-18-4-5-22(31-21(18)17-34)32-8-6-27(28,7-9-32)24(35)33-10-11-37-23-19(12-29)13-30-14-20(23)16-33/h4-5,13-14H,6-11,15-17H2,1-3H3. The Kier molecular flexibility index (Phi) is 6.59. The van der Waals surface area contributed by atoms with Crippen molar-refractivity contribution in [2.45, 2.75) is 64.5 Å². The lowest BCUT2D eigenvalue weighted by atomic mass is 9.91. The number of hydrogen-bond donors (Lipinski definition) is 0. The number of amides is 2. The number of anilines is 1. The summed E-state index contributed by atoms with van der Waals surface area (Å²) in [6, 6.07) is 5.88. The summed E-state index contributed by atoms with van der Waals surface area (Å²) in [7, 11) is 0. The van der Waals surface area contributed by atoms with E-state index in [4.69, 9.17) is 14.5 Å². The van der Waals surface area contributed by atoms with E-state index < -0.39 is 17.2 Å². The molecule has 3 aliphatic rings. The number of fused-ring (bicyclic) bond motifs is 2. The number of nitrogens with zero attached hydrogens (tertiary/aromatic N) is 6. The molecular weight excluding hydrogens is 491 g/mol. The maximum atomic E-state index is 16.0. The summed E-state index contributed by atoms with van der Waals surface area (Å²) >= 11 is 0. The van der Waals surface area contributed by atoms with Crippen molar-refractivity contribution in [1.82, 2.24) is 19.8 Å². The number of alkyl halides is 1. The van der Waals surface area contributed by atoms with Gasteiger partial charge in [-0.05, 0) is 32.4 Å². The van der Waals surface area contributed by atoms with Gasteiger partial charge in [0.2, 0.25) is 0 Å². The zero-order chi connectivity index (χ0) is 27.1. The molecule has 0 N–H and O–H groups in total. The minimum atomic E-state index is -1.99. The second-order valence-corrected chi connectivity index (χ2v) is 10.9. The molecule has 1 fully saturated rings. The number of hydrogen-bond acceptors (Lipinski definition) is 8. The highest BCUT2D eigenvalue weighted by atomic mass is 19.1. The van der Waals surface area contributed by atoms with Crippen LogP contribution >= 0.6 is 0 Å². The highest BCUT2D eigenvalue weighted by Gasteiger charge is 2.45. The van der Waals surface area contributed by atoms with Gasteiger partial charge >= 0.3 is 6.09 Å². The maximum absolute atomic E-state index is 16.0. The fraction of sp³-hybridized carbons (Fsp3) is 0.519. The summed E-state index contributed by atoms with van der Waals surface area (Å²) in [5, 5.41) is 9.31. The van der Waals surface area contributed by atoms with Crippen molar-refractivity contribution in [3.05, 3.63) is 46.9 Å². The number of ether oxygens (including phenoxy) is 2. The van der Waals surface area contributed by atoms with Gasteiger partial charge in [-0.15, -0.1) is 0 Å². The van der Waals surface area contributed by atoms with Crippen molar-refractivity contribution >= 4 is 17.8 Å². The van der Waals surface area contributed by atoms with Crippen LogP contribution in [-0.4, -0.2) is 69.3 Å². The van der Waals surface area contributed by atoms with Gasteiger partial charge < -0.3 is 19.3 Å². The number of aromatic nitrogens is 2. The quantitative estimate of drug-likeness (QED) is 0.591. The van der Waals surface area contributed by atoms with Crippen molar-refractivity contribution in [3.63, 3.8) is 0 Å². The van der Waals surface area contributed by atoms with E-state index in [0.717, 1.165) is 11.3 Å². The smallest absolute Gasteiger partial charge is 0.410 e. The van der Waals surface area contributed by atoms with E-state index in [1.54, 1.807) is 11.1 Å². The van der Waals surface area contributed by atoms with Crippen molar-refractivity contribution in [1.29, 1.82) is 5.26 Å². The van der Waals surface area contributed by atoms with E-state index in [-0.39, 0.29) is 38.6 Å². The summed E-state index contributed by atoms with van der Waals surface area (Å²) < 4.78 is 27.2. The van der Waals surface area contributed by atoms with Crippen molar-refractivity contribution in [2.75, 3.05) is 31.1 Å². The number of rotatable bonds is 2. The first kappa shape index (κ1) is 25.7. The Morgan fingerprint density at radius 3 is 2.53 bits per heavy atom. The molecule has 10 nitrogen and oxygen atoms in total. The first-order valence-corrected chi connectivity index (χ1v) is 12.8. The van der Waals surface area contributed by atoms with Crippen LogP contribution in [0.2, 0.25) is 0 Å². The molecule has 5 rings (SSSR count). The molecule has 0 unspecified atom stereocenters. The van der Waals surface area contributed by atoms with Gasteiger partial charge in [0.1, 0.15) is 35.4 Å². The van der Waals surface area contributed by atoms with Gasteiger partial charge in [-0.1, -0.05) is 6.07 Å². The minimum Gasteiger partial charge on any atom is -0.490 e. The van der Waals surface area contributed by atoms with Gasteiger partial charge in [0.05, 0.1) is 31.9 Å². The summed E-state index contributed by atoms with van der Waals surface area (Å²) in [6.07, 6.45) is 2.67. The Morgan fingerprint density at radius 2 is 1.82 bits per heavy atom. The molecule has 200 valence electrons. The predicted octanol–water partition coefficient (Wildman–Crippen LogP) is 3.33. The third kappa shape index (κ3) is 5.08. The van der Waals surface area contributed by atoms with Crippen LogP contribution in [0.4, 0.5) is 15.0 Å². The van der Waals surface area contributed by atoms with Crippen LogP contribution in [-0.2, 0) is 29.2 Å². The van der Waals surface area contributed by atoms with Crippen LogP contribution < -0.4 is 9.64 Å². The average molecular weight is 523 g/mol. The fourth-order valence-electron chi connectivity index (χ4n) is 5.03. The van der Waals surface area contributed by atoms with Crippen LogP contribution in [0.25, 0.3) is 0 Å². The zero-order valence-electron chi connectivity index (χ0n) is 21.9. The lowest BCUT2D eigenvalue weighted by Gasteiger charge is -2.38. The molecule has 0 saturated carbocycles.